The van der Waals surface area contributed by atoms with Crippen molar-refractivity contribution in [1.29, 1.82) is 0 Å². The Morgan fingerprint density at radius 3 is 2.59 bits per heavy atom. The predicted molar refractivity (Wildman–Crippen MR) is 51.9 cm³/mol. The highest BCUT2D eigenvalue weighted by Crippen LogP contribution is 2.38. The molecule has 0 saturated carbocycles. The van der Waals surface area contributed by atoms with Crippen molar-refractivity contribution in [3.05, 3.63) is 21.9 Å². The molecule has 0 radical (unpaired) electrons. The van der Waals surface area contributed by atoms with Crippen molar-refractivity contribution >= 4 is 21.7 Å². The Labute approximate surface area is 100 Å². The van der Waals surface area contributed by atoms with E-state index >= 15 is 0 Å². The minimum atomic E-state index is -5.11. The predicted octanol–water partition coefficient (Wildman–Crippen LogP) is 2.49. The van der Waals surface area contributed by atoms with Gasteiger partial charge < -0.3 is 20.0 Å². The van der Waals surface area contributed by atoms with Gasteiger partial charge in [0.25, 0.3) is 0 Å². The molecule has 6 nitrogen and oxygen atoms in total. The zero-order valence-electron chi connectivity index (χ0n) is 7.86. The van der Waals surface area contributed by atoms with Gasteiger partial charge in [0.15, 0.2) is 11.9 Å². The number of nitrogens with zero attached hydrogens (tertiary/aromatic N) is 2. The molecule has 0 aromatic carbocycles. The molecule has 0 fully saturated rings. The SMILES string of the molecule is O=[N+]([O-])c1ncc(O)c(CBr)c1OC(F)(F)F. The third-order valence-electron chi connectivity index (χ3n) is 1.62. The van der Waals surface area contributed by atoms with Crippen LogP contribution < -0.4 is 4.74 Å². The van der Waals surface area contributed by atoms with E-state index in [2.05, 4.69) is 25.7 Å². The number of aromatic nitrogens is 1. The number of ether oxygens (including phenoxy) is 1. The molecule has 0 aliphatic carbocycles. The van der Waals surface area contributed by atoms with E-state index in [9.17, 15) is 28.4 Å². The molecule has 0 spiro atoms. The normalized spacial score (nSPS) is 11.3. The summed E-state index contributed by atoms with van der Waals surface area (Å²) in [6, 6.07) is 0. The molecule has 1 N–H and O–H groups in total. The third kappa shape index (κ3) is 3.19. The number of alkyl halides is 4. The van der Waals surface area contributed by atoms with Crippen molar-refractivity contribution in [1.82, 2.24) is 4.98 Å². The van der Waals surface area contributed by atoms with Crippen LogP contribution in [0.3, 0.4) is 0 Å². The van der Waals surface area contributed by atoms with Crippen molar-refractivity contribution in [3.63, 3.8) is 0 Å². The molecule has 10 heteroatoms. The van der Waals surface area contributed by atoms with Gasteiger partial charge in [0.05, 0.1) is 5.56 Å². The monoisotopic (exact) mass is 316 g/mol. The van der Waals surface area contributed by atoms with Crippen LogP contribution in [0.4, 0.5) is 19.0 Å². The quantitative estimate of drug-likeness (QED) is 0.526. The highest BCUT2D eigenvalue weighted by molar-refractivity contribution is 9.08. The van der Waals surface area contributed by atoms with Crippen LogP contribution in [0, 0.1) is 10.1 Å². The topological polar surface area (TPSA) is 85.5 Å². The van der Waals surface area contributed by atoms with E-state index in [1.807, 2.05) is 0 Å². The van der Waals surface area contributed by atoms with Crippen LogP contribution >= 0.6 is 15.9 Å². The lowest BCUT2D eigenvalue weighted by Gasteiger charge is -2.12. The maximum atomic E-state index is 12.1. The van der Waals surface area contributed by atoms with Crippen LogP contribution in [0.1, 0.15) is 5.56 Å². The molecule has 0 atom stereocenters. The van der Waals surface area contributed by atoms with E-state index in [1.54, 1.807) is 0 Å². The molecule has 94 valence electrons. The van der Waals surface area contributed by atoms with Crippen LogP contribution in [-0.4, -0.2) is 21.4 Å². The Morgan fingerprint density at radius 2 is 2.18 bits per heavy atom. The maximum Gasteiger partial charge on any atom is 0.573 e. The first-order chi connectivity index (χ1) is 7.76. The second-order valence-electron chi connectivity index (χ2n) is 2.71. The van der Waals surface area contributed by atoms with Crippen molar-refractivity contribution < 1.29 is 27.9 Å². The van der Waals surface area contributed by atoms with E-state index < -0.39 is 34.2 Å². The highest BCUT2D eigenvalue weighted by Gasteiger charge is 2.37. The average Bonchev–Trinajstić information content (AvgIpc) is 2.15. The van der Waals surface area contributed by atoms with E-state index in [4.69, 9.17) is 0 Å². The Hall–Kier alpha value is -1.58. The standard InChI is InChI=1S/C7H4BrF3N2O4/c8-1-3-4(14)2-12-6(13(15)16)5(3)17-7(9,10)11/h2,14H,1H2. The average molecular weight is 317 g/mol. The van der Waals surface area contributed by atoms with Crippen molar-refractivity contribution in [2.45, 2.75) is 11.7 Å². The number of hydrogen-bond donors (Lipinski definition) is 1. The summed E-state index contributed by atoms with van der Waals surface area (Å²) >= 11 is 2.79. The smallest absolute Gasteiger partial charge is 0.504 e. The molecule has 1 aromatic heterocycles. The Balaban J connectivity index is 3.39. The Bertz CT molecular complexity index is 451. The number of nitro groups is 1. The largest absolute Gasteiger partial charge is 0.573 e. The molecule has 0 bridgehead atoms. The molecule has 1 rings (SSSR count). The summed E-state index contributed by atoms with van der Waals surface area (Å²) < 4.78 is 39.7. The van der Waals surface area contributed by atoms with Crippen LogP contribution in [0.5, 0.6) is 11.5 Å². The first kappa shape index (κ1) is 13.5. The Kier molecular flexibility index (Phi) is 3.76. The van der Waals surface area contributed by atoms with Crippen LogP contribution in [0.25, 0.3) is 0 Å². The van der Waals surface area contributed by atoms with E-state index in [-0.39, 0.29) is 5.33 Å². The zero-order valence-corrected chi connectivity index (χ0v) is 9.45. The van der Waals surface area contributed by atoms with Crippen molar-refractivity contribution in [2.24, 2.45) is 0 Å². The van der Waals surface area contributed by atoms with Gasteiger partial charge in [0, 0.05) is 5.33 Å². The molecular formula is C7H4BrF3N2O4. The van der Waals surface area contributed by atoms with E-state index in [0.29, 0.717) is 6.20 Å². The minimum Gasteiger partial charge on any atom is -0.504 e. The lowest BCUT2D eigenvalue weighted by Crippen LogP contribution is -2.19. The van der Waals surface area contributed by atoms with Crippen LogP contribution in [0.15, 0.2) is 6.20 Å². The van der Waals surface area contributed by atoms with E-state index in [0.717, 1.165) is 0 Å². The third-order valence-corrected chi connectivity index (χ3v) is 2.18. The minimum absolute atomic E-state index is 0.256. The molecule has 1 aromatic rings. The van der Waals surface area contributed by atoms with Crippen molar-refractivity contribution in [2.75, 3.05) is 0 Å². The first-order valence-corrected chi connectivity index (χ1v) is 5.05. The second-order valence-corrected chi connectivity index (χ2v) is 3.27. The molecule has 17 heavy (non-hydrogen) atoms. The maximum absolute atomic E-state index is 12.1. The second kappa shape index (κ2) is 4.73. The summed E-state index contributed by atoms with van der Waals surface area (Å²) in [6.45, 7) is 0. The number of hydrogen-bond acceptors (Lipinski definition) is 5. The van der Waals surface area contributed by atoms with Gasteiger partial charge in [0.2, 0.25) is 5.75 Å². The van der Waals surface area contributed by atoms with Gasteiger partial charge in [-0.15, -0.1) is 13.2 Å². The number of aromatic hydroxyl groups is 1. The van der Waals surface area contributed by atoms with Gasteiger partial charge in [-0.25, -0.2) is 0 Å². The molecule has 0 amide bonds. The fraction of sp³-hybridized carbons (Fsp3) is 0.286. The lowest BCUT2D eigenvalue weighted by atomic mass is 10.2. The molecule has 0 unspecified atom stereocenters. The number of pyridine rings is 1. The summed E-state index contributed by atoms with van der Waals surface area (Å²) in [5.74, 6) is -2.87. The number of rotatable bonds is 3. The van der Waals surface area contributed by atoms with Gasteiger partial charge in [-0.1, -0.05) is 15.9 Å². The lowest BCUT2D eigenvalue weighted by molar-refractivity contribution is -0.393. The van der Waals surface area contributed by atoms with Gasteiger partial charge in [0.1, 0.15) is 0 Å². The summed E-state index contributed by atoms with van der Waals surface area (Å²) in [6.07, 6.45) is -4.44. The fourth-order valence-electron chi connectivity index (χ4n) is 0.992. The summed E-state index contributed by atoms with van der Waals surface area (Å²) in [4.78, 5) is 12.4. The molecule has 0 aliphatic heterocycles. The van der Waals surface area contributed by atoms with Gasteiger partial charge >= 0.3 is 12.2 Å². The summed E-state index contributed by atoms with van der Waals surface area (Å²) in [7, 11) is 0. The van der Waals surface area contributed by atoms with Crippen molar-refractivity contribution in [3.8, 4) is 11.5 Å². The summed E-state index contributed by atoms with van der Waals surface area (Å²) in [5, 5.41) is 19.5. The summed E-state index contributed by atoms with van der Waals surface area (Å²) in [5.41, 5.74) is -0.399. The fourth-order valence-corrected chi connectivity index (χ4v) is 1.53. The van der Waals surface area contributed by atoms with Crippen LogP contribution in [-0.2, 0) is 5.33 Å². The Morgan fingerprint density at radius 1 is 1.59 bits per heavy atom. The van der Waals surface area contributed by atoms with Crippen LogP contribution in [0.2, 0.25) is 0 Å². The van der Waals surface area contributed by atoms with E-state index in [1.165, 1.54) is 0 Å². The van der Waals surface area contributed by atoms with Gasteiger partial charge in [-0.3, -0.25) is 0 Å². The number of halogens is 4. The van der Waals surface area contributed by atoms with Gasteiger partial charge in [-0.05, 0) is 9.91 Å². The molecule has 0 aliphatic rings. The first-order valence-electron chi connectivity index (χ1n) is 3.93. The van der Waals surface area contributed by atoms with Gasteiger partial charge in [-0.2, -0.15) is 0 Å². The zero-order chi connectivity index (χ0) is 13.2. The highest BCUT2D eigenvalue weighted by atomic mass is 79.9. The molecule has 1 heterocycles. The molecule has 0 saturated heterocycles. The molecular weight excluding hydrogens is 313 g/mol.